The fourth-order valence-electron chi connectivity index (χ4n) is 3.67. The van der Waals surface area contributed by atoms with E-state index in [0.717, 1.165) is 19.3 Å². The van der Waals surface area contributed by atoms with Gasteiger partial charge < -0.3 is 4.74 Å². The molecular weight excluding hydrogens is 258 g/mol. The Morgan fingerprint density at radius 3 is 2.55 bits per heavy atom. The second-order valence-corrected chi connectivity index (χ2v) is 6.09. The maximum Gasteiger partial charge on any atom is 0.338 e. The van der Waals surface area contributed by atoms with Crippen molar-refractivity contribution in [2.24, 2.45) is 11.8 Å². The first-order valence-corrected chi connectivity index (χ1v) is 6.96. The molecule has 0 radical (unpaired) electrons. The topological polar surface area (TPSA) is 69.4 Å². The summed E-state index contributed by atoms with van der Waals surface area (Å²) in [5.41, 5.74) is -0.00538. The molecule has 2 saturated carbocycles. The normalized spacial score (nSPS) is 31.2. The van der Waals surface area contributed by atoms with Gasteiger partial charge in [-0.1, -0.05) is 0 Å². The van der Waals surface area contributed by atoms with E-state index in [-0.39, 0.29) is 17.3 Å². The summed E-state index contributed by atoms with van der Waals surface area (Å²) in [4.78, 5) is 22.3. The SMILES string of the molecule is C[C@@]1(OC(=O)c2ccc([N+](=O)[O-])cc2)C[C@@H]2CC[C@@H]1C2. The number of non-ortho nitro benzene ring substituents is 1. The van der Waals surface area contributed by atoms with Crippen LogP contribution in [0.4, 0.5) is 5.69 Å². The van der Waals surface area contributed by atoms with E-state index in [0.29, 0.717) is 17.4 Å². The number of hydrogen-bond acceptors (Lipinski definition) is 4. The summed E-state index contributed by atoms with van der Waals surface area (Å²) in [5.74, 6) is 0.777. The maximum atomic E-state index is 12.2. The van der Waals surface area contributed by atoms with Gasteiger partial charge >= 0.3 is 5.97 Å². The van der Waals surface area contributed by atoms with Crippen molar-refractivity contribution in [1.29, 1.82) is 0 Å². The third kappa shape index (κ3) is 2.17. The molecule has 0 unspecified atom stereocenters. The zero-order valence-electron chi connectivity index (χ0n) is 11.4. The number of benzene rings is 1. The van der Waals surface area contributed by atoms with Gasteiger partial charge in [0, 0.05) is 12.1 Å². The molecule has 0 saturated heterocycles. The summed E-state index contributed by atoms with van der Waals surface area (Å²) in [5, 5.41) is 10.6. The Labute approximate surface area is 117 Å². The number of nitro benzene ring substituents is 1. The zero-order valence-corrected chi connectivity index (χ0v) is 11.4. The van der Waals surface area contributed by atoms with Gasteiger partial charge in [-0.05, 0) is 56.6 Å². The molecule has 0 heterocycles. The van der Waals surface area contributed by atoms with E-state index >= 15 is 0 Å². The van der Waals surface area contributed by atoms with E-state index in [1.54, 1.807) is 0 Å². The molecule has 0 N–H and O–H groups in total. The highest BCUT2D eigenvalue weighted by atomic mass is 16.6. The predicted octanol–water partition coefficient (Wildman–Crippen LogP) is 3.33. The van der Waals surface area contributed by atoms with Crippen LogP contribution in [0.2, 0.25) is 0 Å². The van der Waals surface area contributed by atoms with Crippen molar-refractivity contribution in [2.45, 2.75) is 38.2 Å². The average Bonchev–Trinajstić information content (AvgIpc) is 2.98. The third-order valence-corrected chi connectivity index (χ3v) is 4.74. The lowest BCUT2D eigenvalue weighted by atomic mass is 9.85. The molecule has 20 heavy (non-hydrogen) atoms. The van der Waals surface area contributed by atoms with Gasteiger partial charge in [-0.15, -0.1) is 0 Å². The van der Waals surface area contributed by atoms with Crippen LogP contribution >= 0.6 is 0 Å². The molecule has 2 fully saturated rings. The van der Waals surface area contributed by atoms with Crippen LogP contribution in [0, 0.1) is 22.0 Å². The summed E-state index contributed by atoms with van der Waals surface area (Å²) in [6.07, 6.45) is 4.48. The number of rotatable bonds is 3. The third-order valence-electron chi connectivity index (χ3n) is 4.74. The number of ether oxygens (including phenoxy) is 1. The number of carbonyl (C=O) groups excluding carboxylic acids is 1. The Morgan fingerprint density at radius 2 is 2.05 bits per heavy atom. The average molecular weight is 275 g/mol. The molecule has 5 nitrogen and oxygen atoms in total. The molecule has 2 aliphatic rings. The molecule has 0 aliphatic heterocycles. The smallest absolute Gasteiger partial charge is 0.338 e. The molecule has 3 atom stereocenters. The van der Waals surface area contributed by atoms with E-state index in [2.05, 4.69) is 0 Å². The minimum absolute atomic E-state index is 0.0207. The lowest BCUT2D eigenvalue weighted by Crippen LogP contribution is -2.37. The van der Waals surface area contributed by atoms with Gasteiger partial charge in [0.1, 0.15) is 5.60 Å². The molecule has 0 aromatic heterocycles. The first-order valence-electron chi connectivity index (χ1n) is 6.96. The second kappa shape index (κ2) is 4.58. The molecular formula is C15H17NO4. The zero-order chi connectivity index (χ0) is 14.3. The molecule has 2 aliphatic carbocycles. The Hall–Kier alpha value is -1.91. The molecule has 3 rings (SSSR count). The molecule has 0 spiro atoms. The van der Waals surface area contributed by atoms with Crippen LogP contribution in [0.15, 0.2) is 24.3 Å². The number of nitrogens with zero attached hydrogens (tertiary/aromatic N) is 1. The number of esters is 1. The van der Waals surface area contributed by atoms with Crippen molar-refractivity contribution in [3.05, 3.63) is 39.9 Å². The van der Waals surface area contributed by atoms with Crippen LogP contribution in [0.1, 0.15) is 43.0 Å². The van der Waals surface area contributed by atoms with Gasteiger partial charge in [0.25, 0.3) is 5.69 Å². The minimum Gasteiger partial charge on any atom is -0.455 e. The molecule has 1 aromatic carbocycles. The number of nitro groups is 1. The Morgan fingerprint density at radius 1 is 1.35 bits per heavy atom. The van der Waals surface area contributed by atoms with Crippen molar-refractivity contribution < 1.29 is 14.5 Å². The lowest BCUT2D eigenvalue weighted by Gasteiger charge is -2.33. The van der Waals surface area contributed by atoms with Crippen LogP contribution in [-0.2, 0) is 4.74 Å². The van der Waals surface area contributed by atoms with Gasteiger partial charge in [-0.3, -0.25) is 10.1 Å². The maximum absolute atomic E-state index is 12.2. The van der Waals surface area contributed by atoms with Crippen LogP contribution in [0.5, 0.6) is 0 Å². The van der Waals surface area contributed by atoms with Gasteiger partial charge in [-0.25, -0.2) is 4.79 Å². The molecule has 1 aromatic rings. The number of hydrogen-bond donors (Lipinski definition) is 0. The quantitative estimate of drug-likeness (QED) is 0.482. The van der Waals surface area contributed by atoms with Gasteiger partial charge in [0.15, 0.2) is 0 Å². The standard InChI is InChI=1S/C15H17NO4/c1-15(9-10-2-5-12(15)8-10)20-14(17)11-3-6-13(7-4-11)16(18)19/h3-4,6-7,10,12H,2,5,8-9H2,1H3/t10-,12-,15-/m1/s1. The summed E-state index contributed by atoms with van der Waals surface area (Å²) in [7, 11) is 0. The summed E-state index contributed by atoms with van der Waals surface area (Å²) in [6.45, 7) is 2.01. The predicted molar refractivity (Wildman–Crippen MR) is 72.4 cm³/mol. The van der Waals surface area contributed by atoms with Crippen LogP contribution in [0.25, 0.3) is 0 Å². The van der Waals surface area contributed by atoms with Crippen molar-refractivity contribution in [2.75, 3.05) is 0 Å². The molecule has 0 amide bonds. The van der Waals surface area contributed by atoms with E-state index in [4.69, 9.17) is 4.74 Å². The fraction of sp³-hybridized carbons (Fsp3) is 0.533. The van der Waals surface area contributed by atoms with Crippen molar-refractivity contribution >= 4 is 11.7 Å². The second-order valence-electron chi connectivity index (χ2n) is 6.09. The monoisotopic (exact) mass is 275 g/mol. The van der Waals surface area contributed by atoms with Crippen LogP contribution in [0.3, 0.4) is 0 Å². The Bertz CT molecular complexity index is 553. The van der Waals surface area contributed by atoms with Crippen LogP contribution in [-0.4, -0.2) is 16.5 Å². The van der Waals surface area contributed by atoms with E-state index in [9.17, 15) is 14.9 Å². The Balaban J connectivity index is 1.72. The first-order chi connectivity index (χ1) is 9.48. The summed E-state index contributed by atoms with van der Waals surface area (Å²) in [6, 6.07) is 5.58. The van der Waals surface area contributed by atoms with Gasteiger partial charge in [-0.2, -0.15) is 0 Å². The summed E-state index contributed by atoms with van der Waals surface area (Å²) >= 11 is 0. The highest BCUT2D eigenvalue weighted by Crippen LogP contribution is 2.52. The summed E-state index contributed by atoms with van der Waals surface area (Å²) < 4.78 is 5.71. The van der Waals surface area contributed by atoms with Crippen molar-refractivity contribution in [3.63, 3.8) is 0 Å². The van der Waals surface area contributed by atoms with Crippen molar-refractivity contribution in [1.82, 2.24) is 0 Å². The number of carbonyl (C=O) groups is 1. The van der Waals surface area contributed by atoms with Gasteiger partial charge in [0.2, 0.25) is 0 Å². The fourth-order valence-corrected chi connectivity index (χ4v) is 3.67. The first kappa shape index (κ1) is 13.1. The lowest BCUT2D eigenvalue weighted by molar-refractivity contribution is -0.384. The largest absolute Gasteiger partial charge is 0.455 e. The van der Waals surface area contributed by atoms with E-state index in [1.165, 1.54) is 30.7 Å². The highest BCUT2D eigenvalue weighted by molar-refractivity contribution is 5.90. The van der Waals surface area contributed by atoms with Crippen LogP contribution < -0.4 is 0 Å². The van der Waals surface area contributed by atoms with Gasteiger partial charge in [0.05, 0.1) is 10.5 Å². The molecule has 2 bridgehead atoms. The minimum atomic E-state index is -0.480. The highest BCUT2D eigenvalue weighted by Gasteiger charge is 2.50. The van der Waals surface area contributed by atoms with Crippen molar-refractivity contribution in [3.8, 4) is 0 Å². The molecule has 5 heteroatoms. The van der Waals surface area contributed by atoms with E-state index in [1.807, 2.05) is 6.92 Å². The Kier molecular flexibility index (Phi) is 3.00. The molecule has 106 valence electrons. The van der Waals surface area contributed by atoms with E-state index < -0.39 is 4.92 Å². The number of fused-ring (bicyclic) bond motifs is 2.